The lowest BCUT2D eigenvalue weighted by atomic mass is 9.80. The normalized spacial score (nSPS) is 29.8. The van der Waals surface area contributed by atoms with E-state index in [-0.39, 0.29) is 38.4 Å². The zero-order valence-electron chi connectivity index (χ0n) is 14.0. The molecule has 0 bridgehead atoms. The van der Waals surface area contributed by atoms with Crippen molar-refractivity contribution in [1.29, 1.82) is 0 Å². The number of ether oxygens (including phenoxy) is 2. The number of carbonyl (C=O) groups excluding carboxylic acids is 2. The van der Waals surface area contributed by atoms with Gasteiger partial charge in [-0.25, -0.2) is 0 Å². The first-order valence-electron chi connectivity index (χ1n) is 8.76. The van der Waals surface area contributed by atoms with Crippen molar-refractivity contribution in [1.82, 2.24) is 0 Å². The molecule has 0 heterocycles. The summed E-state index contributed by atoms with van der Waals surface area (Å²) in [4.78, 5) is 23.5. The monoisotopic (exact) mass is 342 g/mol. The first-order chi connectivity index (χ1) is 10.6. The van der Waals surface area contributed by atoms with Crippen molar-refractivity contribution in [2.24, 2.45) is 23.7 Å². The minimum absolute atomic E-state index is 0. The van der Waals surface area contributed by atoms with Crippen LogP contribution in [0.5, 0.6) is 0 Å². The molecule has 0 N–H and O–H groups in total. The first-order valence-corrected chi connectivity index (χ1v) is 8.76. The third kappa shape index (κ3) is 6.92. The van der Waals surface area contributed by atoms with Gasteiger partial charge in [0.2, 0.25) is 0 Å². The molecular weight excluding hydrogens is 304 g/mol. The van der Waals surface area contributed by atoms with Crippen molar-refractivity contribution in [3.05, 3.63) is 0 Å². The lowest BCUT2D eigenvalue weighted by Crippen LogP contribution is -2.28. The quantitative estimate of drug-likeness (QED) is 0.659. The molecule has 4 heteroatoms. The number of hydrogen-bond donors (Lipinski definition) is 0. The Hall–Kier alpha value is -0.900. The smallest absolute Gasteiger partial charge is 0.308 e. The van der Waals surface area contributed by atoms with Crippen molar-refractivity contribution in [2.75, 3.05) is 20.3 Å². The van der Waals surface area contributed by atoms with Crippen LogP contribution in [0.2, 0.25) is 0 Å². The van der Waals surface area contributed by atoms with Crippen LogP contribution in [0.25, 0.3) is 0 Å². The Kier molecular flexibility index (Phi) is 11.2. The number of ketones is 1. The van der Waals surface area contributed by atoms with Crippen LogP contribution in [-0.4, -0.2) is 32.1 Å². The van der Waals surface area contributed by atoms with Gasteiger partial charge in [0, 0.05) is 19.6 Å². The highest BCUT2D eigenvalue weighted by Gasteiger charge is 2.30. The average Bonchev–Trinajstić information content (AvgIpc) is 2.54. The van der Waals surface area contributed by atoms with Crippen molar-refractivity contribution in [3.8, 4) is 0 Å². The Bertz CT molecular complexity index is 364. The van der Waals surface area contributed by atoms with Crippen LogP contribution in [0.15, 0.2) is 0 Å². The number of rotatable bonds is 6. The molecule has 142 valence electrons. The van der Waals surface area contributed by atoms with Crippen LogP contribution in [0, 0.1) is 23.7 Å². The molecule has 24 heavy (non-hydrogen) atoms. The van der Waals surface area contributed by atoms with Crippen molar-refractivity contribution < 1.29 is 19.1 Å². The highest BCUT2D eigenvalue weighted by molar-refractivity contribution is 5.79. The molecule has 0 spiro atoms. The van der Waals surface area contributed by atoms with E-state index in [0.717, 1.165) is 45.1 Å². The molecule has 0 aliphatic heterocycles. The molecule has 0 unspecified atom stereocenters. The fraction of sp³-hybridized carbons (Fsp3) is 0.900. The van der Waals surface area contributed by atoms with Gasteiger partial charge in [0.15, 0.2) is 0 Å². The van der Waals surface area contributed by atoms with Gasteiger partial charge in [-0.2, -0.15) is 0 Å². The van der Waals surface area contributed by atoms with E-state index in [2.05, 4.69) is 0 Å². The maximum Gasteiger partial charge on any atom is 0.308 e. The molecule has 0 atom stereocenters. The number of carbonyl (C=O) groups is 2. The molecular formula is C20H38O4. The molecule has 0 aromatic rings. The summed E-state index contributed by atoms with van der Waals surface area (Å²) in [5.41, 5.74) is 0. The first kappa shape index (κ1) is 23.1. The number of Topliss-reactive ketones (excluding diaryl/α,β-unsaturated/α-hetero) is 1. The standard InChI is InChI=1S/C18H30O4.2CH4/c1-13(19)16-7-9-17(10-8-16)18(20)22-12-15-5-3-14(4-6-15)11-21-2;;/h14-17H,3-12H2,1-2H3;2*1H4. The molecule has 0 saturated heterocycles. The van der Waals surface area contributed by atoms with Crippen LogP contribution in [-0.2, 0) is 19.1 Å². The largest absolute Gasteiger partial charge is 0.465 e. The Morgan fingerprint density at radius 3 is 1.71 bits per heavy atom. The third-order valence-electron chi connectivity index (χ3n) is 5.47. The van der Waals surface area contributed by atoms with Crippen molar-refractivity contribution in [3.63, 3.8) is 0 Å². The van der Waals surface area contributed by atoms with Gasteiger partial charge in [-0.15, -0.1) is 0 Å². The Morgan fingerprint density at radius 2 is 1.25 bits per heavy atom. The number of hydrogen-bond acceptors (Lipinski definition) is 4. The minimum Gasteiger partial charge on any atom is -0.465 e. The van der Waals surface area contributed by atoms with E-state index in [9.17, 15) is 9.59 Å². The highest BCUT2D eigenvalue weighted by Crippen LogP contribution is 2.32. The SMILES string of the molecule is C.C.COCC1CCC(COC(=O)C2CCC(C(C)=O)CC2)CC1. The summed E-state index contributed by atoms with van der Waals surface area (Å²) in [5.74, 6) is 1.60. The maximum absolute atomic E-state index is 12.2. The topological polar surface area (TPSA) is 52.6 Å². The summed E-state index contributed by atoms with van der Waals surface area (Å²) in [5, 5.41) is 0. The molecule has 0 aromatic carbocycles. The van der Waals surface area contributed by atoms with E-state index >= 15 is 0 Å². The number of methoxy groups -OCH3 is 1. The summed E-state index contributed by atoms with van der Waals surface area (Å²) in [6.07, 6.45) is 7.94. The second kappa shape index (κ2) is 11.6. The van der Waals surface area contributed by atoms with E-state index in [1.807, 2.05) is 0 Å². The molecule has 2 saturated carbocycles. The Balaban J connectivity index is 0.00000264. The second-order valence-corrected chi connectivity index (χ2v) is 7.13. The molecule has 2 rings (SSSR count). The fourth-order valence-electron chi connectivity index (χ4n) is 3.85. The van der Waals surface area contributed by atoms with Crippen LogP contribution < -0.4 is 0 Å². The second-order valence-electron chi connectivity index (χ2n) is 7.13. The van der Waals surface area contributed by atoms with E-state index in [0.29, 0.717) is 18.4 Å². The van der Waals surface area contributed by atoms with Gasteiger partial charge < -0.3 is 9.47 Å². The Labute approximate surface area is 148 Å². The van der Waals surface area contributed by atoms with E-state index in [1.54, 1.807) is 14.0 Å². The van der Waals surface area contributed by atoms with Gasteiger partial charge in [0.05, 0.1) is 12.5 Å². The van der Waals surface area contributed by atoms with Gasteiger partial charge >= 0.3 is 5.97 Å². The van der Waals surface area contributed by atoms with Gasteiger partial charge in [-0.05, 0) is 70.1 Å². The predicted molar refractivity (Wildman–Crippen MR) is 97.9 cm³/mol. The highest BCUT2D eigenvalue weighted by atomic mass is 16.5. The third-order valence-corrected chi connectivity index (χ3v) is 5.47. The molecule has 4 nitrogen and oxygen atoms in total. The number of esters is 1. The molecule has 0 amide bonds. The van der Waals surface area contributed by atoms with Gasteiger partial charge in [0.25, 0.3) is 0 Å². The van der Waals surface area contributed by atoms with Crippen LogP contribution >= 0.6 is 0 Å². The van der Waals surface area contributed by atoms with Crippen molar-refractivity contribution in [2.45, 2.75) is 73.1 Å². The summed E-state index contributed by atoms with van der Waals surface area (Å²) < 4.78 is 10.8. The molecule has 2 aliphatic rings. The molecule has 2 fully saturated rings. The average molecular weight is 343 g/mol. The summed E-state index contributed by atoms with van der Waals surface area (Å²) in [6, 6.07) is 0. The van der Waals surface area contributed by atoms with E-state index < -0.39 is 0 Å². The summed E-state index contributed by atoms with van der Waals surface area (Å²) in [6.45, 7) is 3.08. The van der Waals surface area contributed by atoms with E-state index in [4.69, 9.17) is 9.47 Å². The fourth-order valence-corrected chi connectivity index (χ4v) is 3.85. The molecule has 0 radical (unpaired) electrons. The van der Waals surface area contributed by atoms with Crippen LogP contribution in [0.1, 0.15) is 73.1 Å². The lowest BCUT2D eigenvalue weighted by Gasteiger charge is -2.29. The molecule has 0 aromatic heterocycles. The lowest BCUT2D eigenvalue weighted by molar-refractivity contribution is -0.152. The van der Waals surface area contributed by atoms with E-state index in [1.165, 1.54) is 12.8 Å². The minimum atomic E-state index is -0.0407. The van der Waals surface area contributed by atoms with Crippen molar-refractivity contribution >= 4 is 11.8 Å². The summed E-state index contributed by atoms with van der Waals surface area (Å²) >= 11 is 0. The van der Waals surface area contributed by atoms with Gasteiger partial charge in [-0.1, -0.05) is 14.9 Å². The van der Waals surface area contributed by atoms with Crippen LogP contribution in [0.3, 0.4) is 0 Å². The zero-order chi connectivity index (χ0) is 15.9. The molecule has 2 aliphatic carbocycles. The van der Waals surface area contributed by atoms with Crippen LogP contribution in [0.4, 0.5) is 0 Å². The van der Waals surface area contributed by atoms with Gasteiger partial charge in [-0.3, -0.25) is 9.59 Å². The summed E-state index contributed by atoms with van der Waals surface area (Å²) in [7, 11) is 1.76. The Morgan fingerprint density at radius 1 is 0.792 bits per heavy atom. The maximum atomic E-state index is 12.2. The zero-order valence-corrected chi connectivity index (χ0v) is 14.0. The van der Waals surface area contributed by atoms with Gasteiger partial charge in [0.1, 0.15) is 5.78 Å². The predicted octanol–water partition coefficient (Wildman–Crippen LogP) is 4.65.